The second-order valence-corrected chi connectivity index (χ2v) is 2.76. The van der Waals surface area contributed by atoms with Crippen molar-refractivity contribution in [3.63, 3.8) is 0 Å². The maximum atomic E-state index is 9.47. The molecule has 0 aliphatic heterocycles. The van der Waals surface area contributed by atoms with Crippen LogP contribution in [0, 0.1) is 0 Å². The lowest BCUT2D eigenvalue weighted by atomic mass is 10.1. The third kappa shape index (κ3) is 0.975. The fourth-order valence-electron chi connectivity index (χ4n) is 1.31. The average Bonchev–Trinajstić information content (AvgIpc) is 2.04. The Hall–Kier alpha value is -1.70. The minimum absolute atomic E-state index is 0.241. The van der Waals surface area contributed by atoms with Crippen LogP contribution in [0.2, 0.25) is 0 Å². The lowest BCUT2D eigenvalue weighted by Gasteiger charge is -2.01. The van der Waals surface area contributed by atoms with Gasteiger partial charge in [-0.2, -0.15) is 0 Å². The minimum atomic E-state index is 0.241. The molecule has 0 unspecified atom stereocenters. The van der Waals surface area contributed by atoms with Crippen molar-refractivity contribution in [2.24, 2.45) is 0 Å². The average molecular weight is 159 g/mol. The van der Waals surface area contributed by atoms with Crippen molar-refractivity contribution < 1.29 is 5.11 Å². The molecule has 0 amide bonds. The van der Waals surface area contributed by atoms with Gasteiger partial charge in [-0.3, -0.25) is 0 Å². The van der Waals surface area contributed by atoms with E-state index in [0.717, 1.165) is 10.8 Å². The Morgan fingerprint density at radius 3 is 2.67 bits per heavy atom. The van der Waals surface area contributed by atoms with Crippen LogP contribution < -0.4 is 5.73 Å². The summed E-state index contributed by atoms with van der Waals surface area (Å²) >= 11 is 0. The van der Waals surface area contributed by atoms with Gasteiger partial charge in [-0.1, -0.05) is 24.3 Å². The lowest BCUT2D eigenvalue weighted by Crippen LogP contribution is -1.84. The highest BCUT2D eigenvalue weighted by Crippen LogP contribution is 2.26. The first-order valence-electron chi connectivity index (χ1n) is 3.74. The summed E-state index contributed by atoms with van der Waals surface area (Å²) < 4.78 is 0. The van der Waals surface area contributed by atoms with Crippen molar-refractivity contribution in [2.45, 2.75) is 0 Å². The van der Waals surface area contributed by atoms with Gasteiger partial charge in [-0.15, -0.1) is 0 Å². The molecule has 60 valence electrons. The molecule has 12 heavy (non-hydrogen) atoms. The van der Waals surface area contributed by atoms with E-state index in [1.807, 2.05) is 30.3 Å². The van der Waals surface area contributed by atoms with Gasteiger partial charge < -0.3 is 10.8 Å². The minimum Gasteiger partial charge on any atom is -0.507 e. The van der Waals surface area contributed by atoms with Gasteiger partial charge in [-0.25, -0.2) is 0 Å². The number of aromatic hydroxyl groups is 1. The Bertz CT molecular complexity index is 423. The number of phenolic OH excluding ortho intramolecular Hbond substituents is 1. The van der Waals surface area contributed by atoms with Gasteiger partial charge in [0.1, 0.15) is 5.75 Å². The predicted molar refractivity (Wildman–Crippen MR) is 50.0 cm³/mol. The molecule has 2 aromatic rings. The molecule has 0 atom stereocenters. The van der Waals surface area contributed by atoms with Crippen LogP contribution in [0.3, 0.4) is 0 Å². The maximum Gasteiger partial charge on any atom is 0.125 e. The highest BCUT2D eigenvalue weighted by Gasteiger charge is 1.98. The number of nitrogens with two attached hydrogens (primary N) is 1. The first-order chi connectivity index (χ1) is 5.77. The van der Waals surface area contributed by atoms with Crippen molar-refractivity contribution in [1.29, 1.82) is 0 Å². The zero-order valence-electron chi connectivity index (χ0n) is 6.49. The van der Waals surface area contributed by atoms with E-state index in [1.54, 1.807) is 6.07 Å². The molecule has 0 saturated heterocycles. The zero-order chi connectivity index (χ0) is 8.55. The molecule has 0 fully saturated rings. The molecule has 0 aromatic heterocycles. The Kier molecular flexibility index (Phi) is 1.40. The van der Waals surface area contributed by atoms with E-state index in [4.69, 9.17) is 5.73 Å². The number of benzene rings is 2. The molecule has 2 rings (SSSR count). The Morgan fingerprint density at radius 2 is 1.83 bits per heavy atom. The molecule has 2 nitrogen and oxygen atoms in total. The molecule has 3 N–H and O–H groups in total. The molecule has 0 heterocycles. The van der Waals surface area contributed by atoms with Crippen LogP contribution in [0.15, 0.2) is 36.4 Å². The molecule has 0 radical (unpaired) electrons. The van der Waals surface area contributed by atoms with Gasteiger partial charge in [-0.05, 0) is 11.5 Å². The number of hydrogen-bond donors (Lipinski definition) is 2. The largest absolute Gasteiger partial charge is 0.507 e. The zero-order valence-corrected chi connectivity index (χ0v) is 6.49. The van der Waals surface area contributed by atoms with E-state index >= 15 is 0 Å². The normalized spacial score (nSPS) is 10.3. The van der Waals surface area contributed by atoms with Crippen LogP contribution in [-0.4, -0.2) is 5.11 Å². The van der Waals surface area contributed by atoms with Crippen LogP contribution in [0.4, 0.5) is 5.69 Å². The number of hydrogen-bond acceptors (Lipinski definition) is 2. The molecule has 2 heteroatoms. The van der Waals surface area contributed by atoms with Gasteiger partial charge in [0, 0.05) is 17.1 Å². The van der Waals surface area contributed by atoms with E-state index in [1.165, 1.54) is 0 Å². The topological polar surface area (TPSA) is 46.2 Å². The van der Waals surface area contributed by atoms with Crippen molar-refractivity contribution >= 4 is 16.5 Å². The summed E-state index contributed by atoms with van der Waals surface area (Å²) in [6.45, 7) is 0. The number of anilines is 1. The number of rotatable bonds is 0. The van der Waals surface area contributed by atoms with Crippen molar-refractivity contribution in [3.05, 3.63) is 36.4 Å². The third-order valence-corrected chi connectivity index (χ3v) is 1.86. The highest BCUT2D eigenvalue weighted by atomic mass is 16.3. The Labute approximate surface area is 70.2 Å². The van der Waals surface area contributed by atoms with Crippen LogP contribution in [0.25, 0.3) is 10.8 Å². The number of nitrogen functional groups attached to an aromatic ring is 1. The standard InChI is InChI=1S/C10H9NO/c11-8-5-7-3-1-2-4-9(7)10(12)6-8/h1-6,12H,11H2. The Morgan fingerprint density at radius 1 is 1.08 bits per heavy atom. The summed E-state index contributed by atoms with van der Waals surface area (Å²) in [6, 6.07) is 11.0. The lowest BCUT2D eigenvalue weighted by molar-refractivity contribution is 0.482. The van der Waals surface area contributed by atoms with Gasteiger partial charge >= 0.3 is 0 Å². The van der Waals surface area contributed by atoms with E-state index < -0.39 is 0 Å². The molecule has 0 saturated carbocycles. The summed E-state index contributed by atoms with van der Waals surface area (Å²) in [5, 5.41) is 11.3. The third-order valence-electron chi connectivity index (χ3n) is 1.86. The van der Waals surface area contributed by atoms with E-state index in [9.17, 15) is 5.11 Å². The fraction of sp³-hybridized carbons (Fsp3) is 0. The van der Waals surface area contributed by atoms with Crippen LogP contribution in [-0.2, 0) is 0 Å². The van der Waals surface area contributed by atoms with Crippen LogP contribution in [0.1, 0.15) is 0 Å². The van der Waals surface area contributed by atoms with Gasteiger partial charge in [0.2, 0.25) is 0 Å². The predicted octanol–water partition coefficient (Wildman–Crippen LogP) is 2.13. The first-order valence-corrected chi connectivity index (χ1v) is 3.74. The molecular weight excluding hydrogens is 150 g/mol. The molecule has 0 aliphatic rings. The van der Waals surface area contributed by atoms with E-state index in [-0.39, 0.29) is 5.75 Å². The van der Waals surface area contributed by atoms with Crippen molar-refractivity contribution in [1.82, 2.24) is 0 Å². The second-order valence-electron chi connectivity index (χ2n) is 2.76. The van der Waals surface area contributed by atoms with Gasteiger partial charge in [0.05, 0.1) is 0 Å². The summed E-state index contributed by atoms with van der Waals surface area (Å²) in [5.41, 5.74) is 6.15. The second kappa shape index (κ2) is 2.41. The molecule has 0 spiro atoms. The molecule has 0 bridgehead atoms. The molecular formula is C10H9NO. The van der Waals surface area contributed by atoms with Crippen LogP contribution >= 0.6 is 0 Å². The SMILES string of the molecule is Nc1cc(O)c2ccccc2c1. The number of phenols is 1. The molecule has 2 aromatic carbocycles. The maximum absolute atomic E-state index is 9.47. The van der Waals surface area contributed by atoms with E-state index in [0.29, 0.717) is 5.69 Å². The Balaban J connectivity index is 2.89. The van der Waals surface area contributed by atoms with Gasteiger partial charge in [0.15, 0.2) is 0 Å². The highest BCUT2D eigenvalue weighted by molar-refractivity contribution is 5.90. The van der Waals surface area contributed by atoms with E-state index in [2.05, 4.69) is 0 Å². The summed E-state index contributed by atoms with van der Waals surface area (Å²) in [7, 11) is 0. The summed E-state index contributed by atoms with van der Waals surface area (Å²) in [5.74, 6) is 0.241. The quantitative estimate of drug-likeness (QED) is 0.578. The fourth-order valence-corrected chi connectivity index (χ4v) is 1.31. The monoisotopic (exact) mass is 159 g/mol. The van der Waals surface area contributed by atoms with Crippen molar-refractivity contribution in [3.8, 4) is 5.75 Å². The number of fused-ring (bicyclic) bond motifs is 1. The van der Waals surface area contributed by atoms with Crippen molar-refractivity contribution in [2.75, 3.05) is 5.73 Å². The van der Waals surface area contributed by atoms with Gasteiger partial charge in [0.25, 0.3) is 0 Å². The first kappa shape index (κ1) is 6.98. The molecule has 0 aliphatic carbocycles. The summed E-state index contributed by atoms with van der Waals surface area (Å²) in [4.78, 5) is 0. The summed E-state index contributed by atoms with van der Waals surface area (Å²) in [6.07, 6.45) is 0. The van der Waals surface area contributed by atoms with Crippen LogP contribution in [0.5, 0.6) is 5.75 Å². The smallest absolute Gasteiger partial charge is 0.125 e.